The minimum Gasteiger partial charge on any atom is -0.451 e. The van der Waals surface area contributed by atoms with Crippen molar-refractivity contribution in [2.24, 2.45) is 0 Å². The van der Waals surface area contributed by atoms with Gasteiger partial charge in [0.2, 0.25) is 0 Å². The first-order chi connectivity index (χ1) is 8.89. The van der Waals surface area contributed by atoms with Crippen molar-refractivity contribution in [3.05, 3.63) is 46.5 Å². The van der Waals surface area contributed by atoms with Crippen molar-refractivity contribution in [1.29, 1.82) is 0 Å². The highest BCUT2D eigenvalue weighted by Gasteiger charge is 2.34. The Balaban J connectivity index is 2.40. The Kier molecular flexibility index (Phi) is 3.82. The molecule has 0 amide bonds. The van der Waals surface area contributed by atoms with Gasteiger partial charge in [0.15, 0.2) is 10.9 Å². The highest BCUT2D eigenvalue weighted by Crippen LogP contribution is 2.41. The largest absolute Gasteiger partial charge is 0.451 e. The van der Waals surface area contributed by atoms with E-state index in [1.54, 1.807) is 0 Å². The molecule has 0 saturated heterocycles. The fourth-order valence-electron chi connectivity index (χ4n) is 1.30. The summed E-state index contributed by atoms with van der Waals surface area (Å²) in [5.41, 5.74) is -0.986. The second kappa shape index (κ2) is 5.22. The van der Waals surface area contributed by atoms with Gasteiger partial charge in [-0.3, -0.25) is 0 Å². The van der Waals surface area contributed by atoms with Gasteiger partial charge >= 0.3 is 6.18 Å². The van der Waals surface area contributed by atoms with Crippen LogP contribution in [0, 0.1) is 0 Å². The highest BCUT2D eigenvalue weighted by molar-refractivity contribution is 6.33. The van der Waals surface area contributed by atoms with Gasteiger partial charge in [-0.15, -0.1) is 0 Å². The quantitative estimate of drug-likeness (QED) is 0.761. The fourth-order valence-corrected chi connectivity index (χ4v) is 1.70. The number of benzene rings is 1. The molecule has 1 aromatic carbocycles. The van der Waals surface area contributed by atoms with Crippen LogP contribution in [-0.2, 0) is 6.18 Å². The van der Waals surface area contributed by atoms with Gasteiger partial charge in [0, 0.05) is 0 Å². The molecule has 0 fully saturated rings. The van der Waals surface area contributed by atoms with Crippen LogP contribution in [0.1, 0.15) is 5.56 Å². The minimum absolute atomic E-state index is 0.0189. The van der Waals surface area contributed by atoms with E-state index < -0.39 is 16.8 Å². The molecule has 0 bridgehead atoms. The number of alkyl halides is 3. The fraction of sp³-hybridized carbons (Fsp3) is 0.0909. The number of halogens is 5. The van der Waals surface area contributed by atoms with Crippen molar-refractivity contribution in [2.75, 3.05) is 0 Å². The maximum absolute atomic E-state index is 12.7. The molecule has 2 rings (SSSR count). The number of nitrogens with zero attached hydrogens (tertiary/aromatic N) is 2. The summed E-state index contributed by atoms with van der Waals surface area (Å²) in [6, 6.07) is 3.33. The average molecular weight is 309 g/mol. The third-order valence-electron chi connectivity index (χ3n) is 2.12. The third kappa shape index (κ3) is 3.08. The highest BCUT2D eigenvalue weighted by atomic mass is 35.5. The van der Waals surface area contributed by atoms with Crippen LogP contribution in [0.2, 0.25) is 10.2 Å². The number of rotatable bonds is 2. The molecule has 0 N–H and O–H groups in total. The first-order valence-corrected chi connectivity index (χ1v) is 5.64. The second-order valence-electron chi connectivity index (χ2n) is 3.40. The summed E-state index contributed by atoms with van der Waals surface area (Å²) in [7, 11) is 0. The number of hydrogen-bond acceptors (Lipinski definition) is 3. The van der Waals surface area contributed by atoms with Gasteiger partial charge < -0.3 is 4.74 Å². The van der Waals surface area contributed by atoms with Gasteiger partial charge in [0.1, 0.15) is 12.1 Å². The third-order valence-corrected chi connectivity index (χ3v) is 2.80. The van der Waals surface area contributed by atoms with Crippen LogP contribution in [0.4, 0.5) is 13.2 Å². The first-order valence-electron chi connectivity index (χ1n) is 4.88. The summed E-state index contributed by atoms with van der Waals surface area (Å²) >= 11 is 11.4. The Morgan fingerprint density at radius 1 is 1.11 bits per heavy atom. The lowest BCUT2D eigenvalue weighted by atomic mass is 10.2. The molecule has 1 heterocycles. The van der Waals surface area contributed by atoms with Crippen LogP contribution in [0.15, 0.2) is 30.7 Å². The summed E-state index contributed by atoms with van der Waals surface area (Å²) in [6.45, 7) is 0. The van der Waals surface area contributed by atoms with Crippen molar-refractivity contribution in [3.8, 4) is 11.5 Å². The van der Waals surface area contributed by atoms with Gasteiger partial charge in [-0.25, -0.2) is 9.97 Å². The van der Waals surface area contributed by atoms with E-state index in [9.17, 15) is 13.2 Å². The Labute approximate surface area is 116 Å². The van der Waals surface area contributed by atoms with E-state index in [1.807, 2.05) is 0 Å². The molecule has 3 nitrogen and oxygen atoms in total. The molecule has 0 aliphatic rings. The lowest BCUT2D eigenvalue weighted by molar-refractivity contribution is -0.137. The van der Waals surface area contributed by atoms with Gasteiger partial charge in [-0.1, -0.05) is 29.3 Å². The molecule has 0 atom stereocenters. The van der Waals surface area contributed by atoms with Crippen molar-refractivity contribution >= 4 is 23.2 Å². The van der Waals surface area contributed by atoms with Gasteiger partial charge in [-0.2, -0.15) is 13.2 Å². The Hall–Kier alpha value is -1.53. The molecule has 0 aliphatic carbocycles. The second-order valence-corrected chi connectivity index (χ2v) is 4.13. The summed E-state index contributed by atoms with van der Waals surface area (Å²) in [5.74, 6) is -0.154. The van der Waals surface area contributed by atoms with Crippen LogP contribution >= 0.6 is 23.2 Å². The van der Waals surface area contributed by atoms with Crippen LogP contribution in [0.3, 0.4) is 0 Å². The van der Waals surface area contributed by atoms with Crippen molar-refractivity contribution < 1.29 is 17.9 Å². The zero-order valence-electron chi connectivity index (χ0n) is 9.08. The molecule has 0 unspecified atom stereocenters. The van der Waals surface area contributed by atoms with Crippen LogP contribution < -0.4 is 4.74 Å². The van der Waals surface area contributed by atoms with Crippen LogP contribution in [-0.4, -0.2) is 9.97 Å². The molecular formula is C11H5Cl2F3N2O. The van der Waals surface area contributed by atoms with Gasteiger partial charge in [-0.05, 0) is 12.1 Å². The Morgan fingerprint density at radius 3 is 2.47 bits per heavy atom. The van der Waals surface area contributed by atoms with E-state index >= 15 is 0 Å². The summed E-state index contributed by atoms with van der Waals surface area (Å²) < 4.78 is 43.2. The molecule has 100 valence electrons. The van der Waals surface area contributed by atoms with E-state index in [1.165, 1.54) is 24.7 Å². The van der Waals surface area contributed by atoms with E-state index in [0.717, 1.165) is 6.07 Å². The Bertz CT molecular complexity index is 605. The summed E-state index contributed by atoms with van der Waals surface area (Å²) in [4.78, 5) is 7.30. The molecule has 0 saturated carbocycles. The average Bonchev–Trinajstić information content (AvgIpc) is 2.33. The van der Waals surface area contributed by atoms with Crippen molar-refractivity contribution in [3.63, 3.8) is 0 Å². The molecule has 19 heavy (non-hydrogen) atoms. The lowest BCUT2D eigenvalue weighted by Gasteiger charge is -2.13. The molecule has 0 radical (unpaired) electrons. The molecule has 1 aromatic heterocycles. The standard InChI is InChI=1S/C11H5Cl2F3N2O/c12-9-6(11(14,15)16)2-1-3-7(9)19-8-4-17-5-18-10(8)13/h1-5H. The molecular weight excluding hydrogens is 304 g/mol. The lowest BCUT2D eigenvalue weighted by Crippen LogP contribution is -2.06. The number of ether oxygens (including phenoxy) is 1. The van der Waals surface area contributed by atoms with E-state index in [0.29, 0.717) is 0 Å². The molecule has 0 spiro atoms. The first kappa shape index (κ1) is 13.9. The zero-order chi connectivity index (χ0) is 14.0. The predicted octanol–water partition coefficient (Wildman–Crippen LogP) is 4.59. The number of aromatic nitrogens is 2. The Morgan fingerprint density at radius 2 is 1.84 bits per heavy atom. The SMILES string of the molecule is FC(F)(F)c1cccc(Oc2cncnc2Cl)c1Cl. The summed E-state index contributed by atoms with van der Waals surface area (Å²) in [5, 5.41) is -0.571. The van der Waals surface area contributed by atoms with Crippen molar-refractivity contribution in [2.45, 2.75) is 6.18 Å². The van der Waals surface area contributed by atoms with E-state index in [-0.39, 0.29) is 16.7 Å². The smallest absolute Gasteiger partial charge is 0.417 e. The summed E-state index contributed by atoms with van der Waals surface area (Å²) in [6.07, 6.45) is -2.15. The van der Waals surface area contributed by atoms with E-state index in [2.05, 4.69) is 9.97 Å². The molecule has 8 heteroatoms. The topological polar surface area (TPSA) is 35.0 Å². The minimum atomic E-state index is -4.56. The van der Waals surface area contributed by atoms with Crippen molar-refractivity contribution in [1.82, 2.24) is 9.97 Å². The number of hydrogen-bond donors (Lipinski definition) is 0. The molecule has 0 aliphatic heterocycles. The van der Waals surface area contributed by atoms with Gasteiger partial charge in [0.25, 0.3) is 0 Å². The normalized spacial score (nSPS) is 11.4. The zero-order valence-corrected chi connectivity index (χ0v) is 10.6. The maximum Gasteiger partial charge on any atom is 0.417 e. The van der Waals surface area contributed by atoms with Crippen LogP contribution in [0.25, 0.3) is 0 Å². The monoisotopic (exact) mass is 308 g/mol. The molecule has 2 aromatic rings. The van der Waals surface area contributed by atoms with Gasteiger partial charge in [0.05, 0.1) is 16.8 Å². The maximum atomic E-state index is 12.7. The van der Waals surface area contributed by atoms with E-state index in [4.69, 9.17) is 27.9 Å². The predicted molar refractivity (Wildman–Crippen MR) is 63.6 cm³/mol. The van der Waals surface area contributed by atoms with Crippen LogP contribution in [0.5, 0.6) is 11.5 Å².